The van der Waals surface area contributed by atoms with Crippen LogP contribution in [0.4, 0.5) is 0 Å². The average molecular weight is 307 g/mol. The summed E-state index contributed by atoms with van der Waals surface area (Å²) in [6.45, 7) is 0. The van der Waals surface area contributed by atoms with Gasteiger partial charge in [-0.15, -0.1) is 0 Å². The molecule has 0 radical (unpaired) electrons. The zero-order valence-corrected chi connectivity index (χ0v) is 13.0. The quantitative estimate of drug-likeness (QED) is 0.638. The first-order chi connectivity index (χ1) is 8.69. The molecule has 0 bridgehead atoms. The van der Waals surface area contributed by atoms with Crippen molar-refractivity contribution in [1.29, 1.82) is 0 Å². The van der Waals surface area contributed by atoms with Crippen molar-refractivity contribution in [3.05, 3.63) is 71.8 Å². The Labute approximate surface area is 141 Å². The first kappa shape index (κ1) is 16.3. The van der Waals surface area contributed by atoms with Crippen molar-refractivity contribution in [3.8, 4) is 0 Å². The van der Waals surface area contributed by atoms with Crippen molar-refractivity contribution >= 4 is 52.5 Å². The minimum absolute atomic E-state index is 0. The van der Waals surface area contributed by atoms with Crippen LogP contribution >= 0.6 is 23.5 Å². The molecule has 96 valence electrons. The van der Waals surface area contributed by atoms with Gasteiger partial charge < -0.3 is 7.14 Å². The van der Waals surface area contributed by atoms with Crippen LogP contribution in [0.15, 0.2) is 60.7 Å². The SMILES string of the molecule is O=C(OCl)C(Cl)(c1ccccc1)c1ccccc1.[H-].[H-].[Mg+2]. The molecule has 0 heterocycles. The minimum Gasteiger partial charge on any atom is -1.00 e. The van der Waals surface area contributed by atoms with Crippen molar-refractivity contribution in [2.24, 2.45) is 0 Å². The Bertz CT molecular complexity index is 502. The molecule has 0 aliphatic heterocycles. The number of rotatable bonds is 3. The van der Waals surface area contributed by atoms with Gasteiger partial charge in [-0.05, 0) is 11.1 Å². The summed E-state index contributed by atoms with van der Waals surface area (Å²) >= 11 is 11.7. The fourth-order valence-electron chi connectivity index (χ4n) is 1.79. The normalized spacial score (nSPS) is 10.4. The number of halogens is 2. The molecule has 2 aromatic rings. The topological polar surface area (TPSA) is 26.3 Å². The summed E-state index contributed by atoms with van der Waals surface area (Å²) in [4.78, 5) is 10.5. The molecule has 0 unspecified atom stereocenters. The van der Waals surface area contributed by atoms with Crippen LogP contribution in [0.1, 0.15) is 14.0 Å². The zero-order valence-electron chi connectivity index (χ0n) is 12.1. The molecule has 0 aromatic heterocycles. The summed E-state index contributed by atoms with van der Waals surface area (Å²) in [6.07, 6.45) is 0. The minimum atomic E-state index is -1.43. The van der Waals surface area contributed by atoms with Crippen molar-refractivity contribution < 1.29 is 11.9 Å². The summed E-state index contributed by atoms with van der Waals surface area (Å²) in [6, 6.07) is 17.9. The molecule has 0 aliphatic carbocycles. The van der Waals surface area contributed by atoms with E-state index in [-0.39, 0.29) is 25.9 Å². The Balaban J connectivity index is 0. The molecule has 0 aliphatic rings. The van der Waals surface area contributed by atoms with Crippen molar-refractivity contribution in [2.45, 2.75) is 4.87 Å². The maximum Gasteiger partial charge on any atom is 2.00 e. The van der Waals surface area contributed by atoms with E-state index in [2.05, 4.69) is 4.29 Å². The standard InChI is InChI=1S/C14H10Cl2O2.Mg.2H/c15-14(13(17)18-16,11-7-3-1-4-8-11)12-9-5-2-6-10-12;;;/h1-10H;;;/q;+2;2*-1. The van der Waals surface area contributed by atoms with E-state index in [1.54, 1.807) is 48.5 Å². The molecule has 0 saturated carbocycles. The van der Waals surface area contributed by atoms with E-state index in [0.717, 1.165) is 0 Å². The number of alkyl halides is 1. The van der Waals surface area contributed by atoms with Gasteiger partial charge in [-0.25, -0.2) is 4.79 Å². The van der Waals surface area contributed by atoms with Crippen LogP contribution in [-0.4, -0.2) is 29.0 Å². The van der Waals surface area contributed by atoms with E-state index in [0.29, 0.717) is 11.1 Å². The van der Waals surface area contributed by atoms with Gasteiger partial charge in [0.05, 0.1) is 0 Å². The number of hydrogen-bond acceptors (Lipinski definition) is 2. The number of carbonyl (C=O) groups is 1. The van der Waals surface area contributed by atoms with Crippen LogP contribution in [0.25, 0.3) is 0 Å². The van der Waals surface area contributed by atoms with E-state index in [1.807, 2.05) is 12.1 Å². The van der Waals surface area contributed by atoms with Gasteiger partial charge in [-0.3, -0.25) is 0 Å². The Morgan fingerprint density at radius 3 is 1.63 bits per heavy atom. The third-order valence-corrected chi connectivity index (χ3v) is 3.43. The van der Waals surface area contributed by atoms with Crippen molar-refractivity contribution in [3.63, 3.8) is 0 Å². The summed E-state index contributed by atoms with van der Waals surface area (Å²) in [7, 11) is 0. The van der Waals surface area contributed by atoms with Crippen LogP contribution < -0.4 is 0 Å². The molecule has 0 amide bonds. The molecule has 0 spiro atoms. The predicted molar refractivity (Wildman–Crippen MR) is 79.4 cm³/mol. The van der Waals surface area contributed by atoms with Gasteiger partial charge in [0.25, 0.3) is 0 Å². The van der Waals surface area contributed by atoms with E-state index in [4.69, 9.17) is 23.5 Å². The second kappa shape index (κ2) is 7.15. The maximum atomic E-state index is 11.9. The Hall–Kier alpha value is -0.744. The third-order valence-electron chi connectivity index (χ3n) is 2.69. The van der Waals surface area contributed by atoms with Gasteiger partial charge in [-0.2, -0.15) is 0 Å². The van der Waals surface area contributed by atoms with Crippen LogP contribution in [0.5, 0.6) is 0 Å². The summed E-state index contributed by atoms with van der Waals surface area (Å²) < 4.78 is 4.33. The summed E-state index contributed by atoms with van der Waals surface area (Å²) in [5.41, 5.74) is 1.23. The smallest absolute Gasteiger partial charge is 1.00 e. The molecule has 0 saturated heterocycles. The second-order valence-corrected chi connectivity index (χ2v) is 4.48. The molecule has 2 rings (SSSR count). The molecule has 5 heteroatoms. The van der Waals surface area contributed by atoms with Gasteiger partial charge >= 0.3 is 29.0 Å². The van der Waals surface area contributed by atoms with Crippen LogP contribution in [0.3, 0.4) is 0 Å². The number of hydrogen-bond donors (Lipinski definition) is 0. The zero-order chi connectivity index (χ0) is 13.0. The van der Waals surface area contributed by atoms with Gasteiger partial charge in [-0.1, -0.05) is 72.3 Å². The van der Waals surface area contributed by atoms with Crippen molar-refractivity contribution in [1.82, 2.24) is 0 Å². The maximum absolute atomic E-state index is 11.9. The van der Waals surface area contributed by atoms with E-state index < -0.39 is 10.8 Å². The van der Waals surface area contributed by atoms with E-state index >= 15 is 0 Å². The van der Waals surface area contributed by atoms with Gasteiger partial charge in [0, 0.05) is 0 Å². The largest absolute Gasteiger partial charge is 2.00 e. The Kier molecular flexibility index (Phi) is 6.14. The van der Waals surface area contributed by atoms with Gasteiger partial charge in [0.15, 0.2) is 4.87 Å². The average Bonchev–Trinajstić information content (AvgIpc) is 2.47. The fraction of sp³-hybridized carbons (Fsp3) is 0.0714. The molecule has 2 aromatic carbocycles. The molecule has 2 nitrogen and oxygen atoms in total. The van der Waals surface area contributed by atoms with E-state index in [1.165, 1.54) is 0 Å². The number of carbonyl (C=O) groups excluding carboxylic acids is 1. The summed E-state index contributed by atoms with van der Waals surface area (Å²) in [5, 5.41) is 0. The molecular weight excluding hydrogens is 295 g/mol. The first-order valence-electron chi connectivity index (χ1n) is 5.32. The first-order valence-corrected chi connectivity index (χ1v) is 6.01. The van der Waals surface area contributed by atoms with Crippen LogP contribution in [-0.2, 0) is 14.0 Å². The third kappa shape index (κ3) is 3.23. The van der Waals surface area contributed by atoms with Crippen LogP contribution in [0, 0.1) is 0 Å². The molecule has 0 fully saturated rings. The van der Waals surface area contributed by atoms with Gasteiger partial charge in [0.2, 0.25) is 0 Å². The fourth-order valence-corrected chi connectivity index (χ4v) is 2.24. The van der Waals surface area contributed by atoms with E-state index in [9.17, 15) is 4.79 Å². The van der Waals surface area contributed by atoms with Crippen LogP contribution in [0.2, 0.25) is 0 Å². The summed E-state index contributed by atoms with van der Waals surface area (Å²) in [5.74, 6) is -0.719. The molecule has 19 heavy (non-hydrogen) atoms. The molecular formula is C14H12Cl2MgO2. The number of benzene rings is 2. The second-order valence-electron chi connectivity index (χ2n) is 3.76. The predicted octanol–water partition coefficient (Wildman–Crippen LogP) is 3.71. The Morgan fingerprint density at radius 2 is 1.32 bits per heavy atom. The Morgan fingerprint density at radius 1 is 0.947 bits per heavy atom. The van der Waals surface area contributed by atoms with Gasteiger partial charge in [0.1, 0.15) is 11.9 Å². The van der Waals surface area contributed by atoms with Crippen molar-refractivity contribution in [2.75, 3.05) is 0 Å². The molecule has 0 atom stereocenters. The molecule has 0 N–H and O–H groups in total. The monoisotopic (exact) mass is 306 g/mol.